The first-order chi connectivity index (χ1) is 5.97. The number of rotatable bonds is 2. The van der Waals surface area contributed by atoms with Gasteiger partial charge >= 0.3 is 7.60 Å². The quantitative estimate of drug-likeness (QED) is 0.507. The van der Waals surface area contributed by atoms with Crippen LogP contribution >= 0.6 is 7.60 Å². The van der Waals surface area contributed by atoms with E-state index in [1.165, 1.54) is 0 Å². The number of carbonyl (C=O) groups excluding carboxylic acids is 1. The number of nitrogens with one attached hydrogen (secondary N) is 1. The largest absolute Gasteiger partial charge is 0.350 e. The Morgan fingerprint density at radius 1 is 1.85 bits per heavy atom. The third-order valence-corrected chi connectivity index (χ3v) is 3.75. The lowest BCUT2D eigenvalue weighted by molar-refractivity contribution is -0.116. The van der Waals surface area contributed by atoms with Crippen LogP contribution in [0.5, 0.6) is 0 Å². The van der Waals surface area contributed by atoms with Crippen molar-refractivity contribution in [1.82, 2.24) is 5.32 Å². The molecule has 0 bridgehead atoms. The molecule has 74 valence electrons. The van der Waals surface area contributed by atoms with Gasteiger partial charge < -0.3 is 14.7 Å². The molecule has 0 aromatic rings. The maximum absolute atomic E-state index is 11.3. The van der Waals surface area contributed by atoms with Crippen LogP contribution in [0.2, 0.25) is 0 Å². The summed E-state index contributed by atoms with van der Waals surface area (Å²) < 4.78 is 16.0. The molecule has 0 spiro atoms. The number of hydrogen-bond donors (Lipinski definition) is 2. The zero-order chi connectivity index (χ0) is 10.1. The summed E-state index contributed by atoms with van der Waals surface area (Å²) in [4.78, 5) is 20.1. The predicted octanol–water partition coefficient (Wildman–Crippen LogP) is 0.466. The molecule has 1 heterocycles. The van der Waals surface area contributed by atoms with E-state index in [9.17, 15) is 14.3 Å². The third kappa shape index (κ3) is 2.18. The summed E-state index contributed by atoms with van der Waals surface area (Å²) in [5, 5.41) is 2.37. The lowest BCUT2D eigenvalue weighted by Gasteiger charge is -2.16. The van der Waals surface area contributed by atoms with Gasteiger partial charge in [-0.3, -0.25) is 9.36 Å². The monoisotopic (exact) mass is 205 g/mol. The van der Waals surface area contributed by atoms with Crippen molar-refractivity contribution in [1.29, 1.82) is 0 Å². The zero-order valence-electron chi connectivity index (χ0n) is 7.27. The molecule has 1 saturated heterocycles. The first-order valence-electron chi connectivity index (χ1n) is 3.87. The van der Waals surface area contributed by atoms with E-state index in [4.69, 9.17) is 0 Å². The molecule has 13 heavy (non-hydrogen) atoms. The van der Waals surface area contributed by atoms with Crippen LogP contribution < -0.4 is 5.32 Å². The second kappa shape index (κ2) is 3.62. The van der Waals surface area contributed by atoms with Gasteiger partial charge in [-0.2, -0.15) is 0 Å². The standard InChI is InChI=1S/C7H12NO4P/c1-3-6(9)8-7-5(2)4-12-13(7,10)11/h3,5,7H,1,4H2,2H3,(H,8,9)(H,10,11). The van der Waals surface area contributed by atoms with Crippen LogP contribution in [0.15, 0.2) is 12.7 Å². The lowest BCUT2D eigenvalue weighted by Crippen LogP contribution is -2.35. The Bertz CT molecular complexity index is 278. The maximum atomic E-state index is 11.3. The average molecular weight is 205 g/mol. The fourth-order valence-electron chi connectivity index (χ4n) is 1.15. The van der Waals surface area contributed by atoms with Gasteiger partial charge in [0.15, 0.2) is 0 Å². The number of amides is 1. The van der Waals surface area contributed by atoms with Gasteiger partial charge in [0, 0.05) is 5.92 Å². The summed E-state index contributed by atoms with van der Waals surface area (Å²) >= 11 is 0. The maximum Gasteiger partial charge on any atom is 0.350 e. The van der Waals surface area contributed by atoms with Crippen LogP contribution in [0.3, 0.4) is 0 Å². The highest BCUT2D eigenvalue weighted by molar-refractivity contribution is 7.53. The summed E-state index contributed by atoms with van der Waals surface area (Å²) in [5.41, 5.74) is 0. The van der Waals surface area contributed by atoms with Crippen LogP contribution in [0, 0.1) is 5.92 Å². The Morgan fingerprint density at radius 2 is 2.46 bits per heavy atom. The fraction of sp³-hybridized carbons (Fsp3) is 0.571. The molecule has 0 aromatic heterocycles. The summed E-state index contributed by atoms with van der Waals surface area (Å²) in [5.74, 6) is -1.42. The van der Waals surface area contributed by atoms with Crippen molar-refractivity contribution < 1.29 is 18.8 Å². The minimum Gasteiger partial charge on any atom is -0.338 e. The smallest absolute Gasteiger partial charge is 0.338 e. The van der Waals surface area contributed by atoms with E-state index >= 15 is 0 Å². The van der Waals surface area contributed by atoms with Gasteiger partial charge in [-0.15, -0.1) is 0 Å². The molecule has 2 N–H and O–H groups in total. The molecule has 1 aliphatic rings. The van der Waals surface area contributed by atoms with Crippen molar-refractivity contribution in [3.8, 4) is 0 Å². The Kier molecular flexibility index (Phi) is 2.91. The molecule has 0 aromatic carbocycles. The topological polar surface area (TPSA) is 75.6 Å². The molecule has 0 radical (unpaired) electrons. The van der Waals surface area contributed by atoms with E-state index in [1.54, 1.807) is 6.92 Å². The molecule has 5 nitrogen and oxygen atoms in total. The second-order valence-corrected chi connectivity index (χ2v) is 4.94. The zero-order valence-corrected chi connectivity index (χ0v) is 8.16. The molecule has 3 unspecified atom stereocenters. The van der Waals surface area contributed by atoms with Crippen molar-refractivity contribution in [3.63, 3.8) is 0 Å². The normalized spacial score (nSPS) is 38.6. The van der Waals surface area contributed by atoms with Gasteiger partial charge in [0.2, 0.25) is 5.91 Å². The van der Waals surface area contributed by atoms with Crippen molar-refractivity contribution in [2.75, 3.05) is 6.61 Å². The van der Waals surface area contributed by atoms with Crippen LogP contribution in [0.4, 0.5) is 0 Å². The Labute approximate surface area is 76.3 Å². The predicted molar refractivity (Wildman–Crippen MR) is 47.1 cm³/mol. The van der Waals surface area contributed by atoms with Crippen molar-refractivity contribution in [2.45, 2.75) is 12.7 Å². The van der Waals surface area contributed by atoms with Gasteiger partial charge in [-0.25, -0.2) is 0 Å². The highest BCUT2D eigenvalue weighted by Gasteiger charge is 2.44. The minimum absolute atomic E-state index is 0.153. The fourth-order valence-corrected chi connectivity index (χ4v) is 2.77. The molecule has 0 saturated carbocycles. The molecule has 3 atom stereocenters. The summed E-state index contributed by atoms with van der Waals surface area (Å²) in [6, 6.07) is 0. The van der Waals surface area contributed by atoms with Crippen LogP contribution in [0.25, 0.3) is 0 Å². The minimum atomic E-state index is -3.66. The first-order valence-corrected chi connectivity index (χ1v) is 5.52. The number of carbonyl (C=O) groups is 1. The third-order valence-electron chi connectivity index (χ3n) is 1.89. The SMILES string of the molecule is C=CC(=O)NC1C(C)COP1(=O)O. The van der Waals surface area contributed by atoms with Gasteiger partial charge in [-0.05, 0) is 6.08 Å². The lowest BCUT2D eigenvalue weighted by atomic mass is 10.2. The van der Waals surface area contributed by atoms with Crippen molar-refractivity contribution in [2.24, 2.45) is 5.92 Å². The van der Waals surface area contributed by atoms with E-state index in [0.717, 1.165) is 6.08 Å². The van der Waals surface area contributed by atoms with E-state index in [2.05, 4.69) is 16.4 Å². The Morgan fingerprint density at radius 3 is 2.85 bits per heavy atom. The second-order valence-electron chi connectivity index (χ2n) is 2.99. The highest BCUT2D eigenvalue weighted by Crippen LogP contribution is 2.54. The highest BCUT2D eigenvalue weighted by atomic mass is 31.2. The van der Waals surface area contributed by atoms with Gasteiger partial charge in [-0.1, -0.05) is 13.5 Å². The van der Waals surface area contributed by atoms with Crippen LogP contribution in [-0.4, -0.2) is 23.2 Å². The van der Waals surface area contributed by atoms with E-state index in [0.29, 0.717) is 0 Å². The molecule has 0 aliphatic carbocycles. The average Bonchev–Trinajstić information content (AvgIpc) is 2.31. The molecule has 1 aliphatic heterocycles. The van der Waals surface area contributed by atoms with E-state index < -0.39 is 19.3 Å². The first kappa shape index (κ1) is 10.4. The van der Waals surface area contributed by atoms with Crippen LogP contribution in [-0.2, 0) is 13.9 Å². The summed E-state index contributed by atoms with van der Waals surface area (Å²) in [7, 11) is -3.66. The Balaban J connectivity index is 2.71. The van der Waals surface area contributed by atoms with Crippen molar-refractivity contribution in [3.05, 3.63) is 12.7 Å². The molecular formula is C7H12NO4P. The van der Waals surface area contributed by atoms with Gasteiger partial charge in [0.1, 0.15) is 5.78 Å². The molecular weight excluding hydrogens is 193 g/mol. The molecule has 1 rings (SSSR count). The van der Waals surface area contributed by atoms with Crippen molar-refractivity contribution >= 4 is 13.5 Å². The number of hydrogen-bond acceptors (Lipinski definition) is 3. The van der Waals surface area contributed by atoms with Crippen LogP contribution in [0.1, 0.15) is 6.92 Å². The molecule has 1 amide bonds. The van der Waals surface area contributed by atoms with Gasteiger partial charge in [0.05, 0.1) is 6.61 Å². The van der Waals surface area contributed by atoms with E-state index in [-0.39, 0.29) is 12.5 Å². The molecule has 1 fully saturated rings. The van der Waals surface area contributed by atoms with E-state index in [1.807, 2.05) is 0 Å². The summed E-state index contributed by atoms with van der Waals surface area (Å²) in [6.45, 7) is 5.18. The molecule has 6 heteroatoms. The van der Waals surface area contributed by atoms with Gasteiger partial charge in [0.25, 0.3) is 0 Å². The summed E-state index contributed by atoms with van der Waals surface area (Å²) in [6.07, 6.45) is 1.06. The Hall–Kier alpha value is -0.640.